The van der Waals surface area contributed by atoms with Crippen LogP contribution >= 0.6 is 7.82 Å². The molecule has 0 heterocycles. The summed E-state index contributed by atoms with van der Waals surface area (Å²) in [6.07, 6.45) is 62.6. The predicted molar refractivity (Wildman–Crippen MR) is 274 cm³/mol. The minimum absolute atomic E-state index is 0.0143. The lowest BCUT2D eigenvalue weighted by atomic mass is 10.0. The van der Waals surface area contributed by atoms with E-state index in [2.05, 4.69) is 79.9 Å². The lowest BCUT2D eigenvalue weighted by Gasteiger charge is -2.29. The lowest BCUT2D eigenvalue weighted by molar-refractivity contribution is -0.870. The van der Waals surface area contributed by atoms with Gasteiger partial charge < -0.3 is 28.8 Å². The van der Waals surface area contributed by atoms with Gasteiger partial charge in [0, 0.05) is 6.42 Å². The molecule has 0 fully saturated rings. The van der Waals surface area contributed by atoms with Crippen LogP contribution in [0.3, 0.4) is 0 Å². The van der Waals surface area contributed by atoms with Gasteiger partial charge in [0.15, 0.2) is 0 Å². The Morgan fingerprint density at radius 3 is 1.45 bits per heavy atom. The van der Waals surface area contributed by atoms with Gasteiger partial charge in [0.1, 0.15) is 13.2 Å². The molecule has 0 aromatic rings. The van der Waals surface area contributed by atoms with Crippen LogP contribution in [0.4, 0.5) is 0 Å². The smallest absolute Gasteiger partial charge is 0.268 e. The molecule has 2 N–H and O–H groups in total. The number of allylic oxidation sites excluding steroid dienone is 11. The number of phosphoric ester groups is 1. The first kappa shape index (κ1) is 61.9. The van der Waals surface area contributed by atoms with E-state index in [0.29, 0.717) is 17.4 Å². The highest BCUT2D eigenvalue weighted by molar-refractivity contribution is 7.45. The predicted octanol–water partition coefficient (Wildman–Crippen LogP) is 14.9. The van der Waals surface area contributed by atoms with Gasteiger partial charge in [-0.3, -0.25) is 9.36 Å². The summed E-state index contributed by atoms with van der Waals surface area (Å²) >= 11 is 0. The maximum Gasteiger partial charge on any atom is 0.268 e. The first-order chi connectivity index (χ1) is 31.0. The van der Waals surface area contributed by atoms with Crippen LogP contribution in [-0.4, -0.2) is 68.5 Å². The first-order valence-corrected chi connectivity index (χ1v) is 27.8. The average Bonchev–Trinajstić information content (AvgIpc) is 3.25. The van der Waals surface area contributed by atoms with Gasteiger partial charge in [0.25, 0.3) is 7.82 Å². The van der Waals surface area contributed by atoms with Crippen molar-refractivity contribution in [2.75, 3.05) is 40.9 Å². The highest BCUT2D eigenvalue weighted by Gasteiger charge is 2.23. The number of aliphatic hydroxyl groups excluding tert-OH is 1. The van der Waals surface area contributed by atoms with Crippen molar-refractivity contribution in [3.8, 4) is 0 Å². The second kappa shape index (κ2) is 46.1. The molecule has 0 aromatic carbocycles. The van der Waals surface area contributed by atoms with Crippen molar-refractivity contribution in [2.24, 2.45) is 0 Å². The van der Waals surface area contributed by atoms with Crippen LogP contribution in [0, 0.1) is 0 Å². The molecule has 0 saturated carbocycles. The second-order valence-corrected chi connectivity index (χ2v) is 20.2. The Hall–Kier alpha value is -2.06. The molecule has 0 aliphatic heterocycles. The van der Waals surface area contributed by atoms with Crippen LogP contribution in [0.5, 0.6) is 0 Å². The zero-order valence-corrected chi connectivity index (χ0v) is 43.1. The fraction of sp³-hybridized carbons (Fsp3) is 0.764. The number of amides is 1. The number of unbranched alkanes of at least 4 members (excludes halogenated alkanes) is 24. The number of carbonyl (C=O) groups excluding carboxylic acids is 1. The molecule has 0 rings (SSSR count). The molecular weight excluding hydrogens is 816 g/mol. The summed E-state index contributed by atoms with van der Waals surface area (Å²) in [5, 5.41) is 13.8. The van der Waals surface area contributed by atoms with Gasteiger partial charge in [-0.15, -0.1) is 0 Å². The van der Waals surface area contributed by atoms with Crippen molar-refractivity contribution in [3.05, 3.63) is 72.9 Å². The van der Waals surface area contributed by atoms with Crippen molar-refractivity contribution in [3.63, 3.8) is 0 Å². The van der Waals surface area contributed by atoms with E-state index < -0.39 is 26.6 Å². The van der Waals surface area contributed by atoms with E-state index in [1.54, 1.807) is 6.08 Å². The summed E-state index contributed by atoms with van der Waals surface area (Å²) in [7, 11) is 1.22. The molecule has 0 saturated heterocycles. The molecule has 8 nitrogen and oxygen atoms in total. The Morgan fingerprint density at radius 1 is 0.562 bits per heavy atom. The number of phosphoric acid groups is 1. The number of quaternary nitrogens is 1. The molecule has 3 atom stereocenters. The first-order valence-electron chi connectivity index (χ1n) is 26.3. The lowest BCUT2D eigenvalue weighted by Crippen LogP contribution is -2.45. The van der Waals surface area contributed by atoms with Gasteiger partial charge in [0.2, 0.25) is 5.91 Å². The van der Waals surface area contributed by atoms with Crippen molar-refractivity contribution in [1.29, 1.82) is 0 Å². The molecular formula is C55H101N2O6P. The summed E-state index contributed by atoms with van der Waals surface area (Å²) in [4.78, 5) is 25.4. The van der Waals surface area contributed by atoms with E-state index in [1.165, 1.54) is 122 Å². The van der Waals surface area contributed by atoms with Crippen molar-refractivity contribution >= 4 is 13.7 Å². The van der Waals surface area contributed by atoms with Crippen LogP contribution < -0.4 is 10.2 Å². The second-order valence-electron chi connectivity index (χ2n) is 18.8. The molecule has 0 spiro atoms. The number of rotatable bonds is 47. The molecule has 372 valence electrons. The molecule has 3 unspecified atom stereocenters. The van der Waals surface area contributed by atoms with E-state index in [4.69, 9.17) is 9.05 Å². The summed E-state index contributed by atoms with van der Waals surface area (Å²) in [6.45, 7) is 4.50. The molecule has 9 heteroatoms. The maximum atomic E-state index is 12.9. The number of aliphatic hydroxyl groups is 1. The van der Waals surface area contributed by atoms with Gasteiger partial charge >= 0.3 is 0 Å². The third-order valence-corrected chi connectivity index (χ3v) is 12.3. The normalized spacial score (nSPS) is 14.7. The summed E-state index contributed by atoms with van der Waals surface area (Å²) < 4.78 is 23.3. The molecule has 0 aromatic heterocycles. The Kier molecular flexibility index (Phi) is 44.6. The van der Waals surface area contributed by atoms with E-state index >= 15 is 0 Å². The van der Waals surface area contributed by atoms with E-state index in [1.807, 2.05) is 27.2 Å². The SMILES string of the molecule is CC/C=C\C/C=C\C/C=C\CCCCCCCCCC(=O)NC(COP(=O)([O-])OCC[N+](C)(C)C)C(O)/C=C/CC/C=C/CC/C=C/CCCCCCCCCCCCCCCCC. The van der Waals surface area contributed by atoms with E-state index in [9.17, 15) is 19.4 Å². The van der Waals surface area contributed by atoms with E-state index in [-0.39, 0.29) is 12.5 Å². The monoisotopic (exact) mass is 917 g/mol. The number of nitrogens with zero attached hydrogens (tertiary/aromatic N) is 1. The van der Waals surface area contributed by atoms with Crippen LogP contribution in [0.25, 0.3) is 0 Å². The van der Waals surface area contributed by atoms with Crippen LogP contribution in [0.15, 0.2) is 72.9 Å². The highest BCUT2D eigenvalue weighted by Crippen LogP contribution is 2.38. The van der Waals surface area contributed by atoms with E-state index in [0.717, 1.165) is 77.0 Å². The number of hydrogen-bond donors (Lipinski definition) is 2. The number of likely N-dealkylation sites (N-methyl/N-ethyl adjacent to an activating group) is 1. The average molecular weight is 917 g/mol. The summed E-state index contributed by atoms with van der Waals surface area (Å²) in [6, 6.07) is -0.919. The third kappa shape index (κ3) is 47.9. The minimum atomic E-state index is -4.61. The molecule has 0 radical (unpaired) electrons. The van der Waals surface area contributed by atoms with Gasteiger partial charge in [0.05, 0.1) is 39.9 Å². The zero-order chi connectivity index (χ0) is 47.1. The van der Waals surface area contributed by atoms with Crippen molar-refractivity contribution in [1.82, 2.24) is 5.32 Å². The van der Waals surface area contributed by atoms with Gasteiger partial charge in [-0.2, -0.15) is 0 Å². The molecule has 64 heavy (non-hydrogen) atoms. The Bertz CT molecular complexity index is 1270. The topological polar surface area (TPSA) is 108 Å². The van der Waals surface area contributed by atoms with Gasteiger partial charge in [-0.25, -0.2) is 0 Å². The van der Waals surface area contributed by atoms with Crippen molar-refractivity contribution in [2.45, 2.75) is 231 Å². The number of hydrogen-bond acceptors (Lipinski definition) is 6. The van der Waals surface area contributed by atoms with Gasteiger partial charge in [-0.05, 0) is 77.0 Å². The quantitative estimate of drug-likeness (QED) is 0.0272. The number of nitrogens with one attached hydrogen (secondary N) is 1. The fourth-order valence-corrected chi connectivity index (χ4v) is 7.98. The molecule has 0 aliphatic carbocycles. The Balaban J connectivity index is 4.37. The van der Waals surface area contributed by atoms with Gasteiger partial charge in [-0.1, -0.05) is 209 Å². The molecule has 0 bridgehead atoms. The highest BCUT2D eigenvalue weighted by atomic mass is 31.2. The largest absolute Gasteiger partial charge is 0.756 e. The van der Waals surface area contributed by atoms with Crippen molar-refractivity contribution < 1.29 is 32.9 Å². The summed E-state index contributed by atoms with van der Waals surface area (Å²) in [5.41, 5.74) is 0. The molecule has 1 amide bonds. The Morgan fingerprint density at radius 2 is 0.969 bits per heavy atom. The maximum absolute atomic E-state index is 12.9. The third-order valence-electron chi connectivity index (χ3n) is 11.4. The van der Waals surface area contributed by atoms with Crippen LogP contribution in [0.1, 0.15) is 219 Å². The molecule has 0 aliphatic rings. The summed E-state index contributed by atoms with van der Waals surface area (Å²) in [5.74, 6) is -0.224. The minimum Gasteiger partial charge on any atom is -0.756 e. The fourth-order valence-electron chi connectivity index (χ4n) is 7.26. The van der Waals surface area contributed by atoms with Crippen LogP contribution in [-0.2, 0) is 18.4 Å². The Labute approximate surface area is 395 Å². The van der Waals surface area contributed by atoms with Crippen LogP contribution in [0.2, 0.25) is 0 Å². The number of carbonyl (C=O) groups is 1. The zero-order valence-electron chi connectivity index (χ0n) is 42.2. The standard InChI is InChI=1S/C55H101N2O6P/c1-6-8-10-12-14-16-18-20-22-24-25-26-27-28-29-30-31-33-34-36-38-40-42-44-46-48-54(58)53(52-63-64(60,61)62-51-50-57(3,4)5)56-55(59)49-47-45-43-41-39-37-35-32-23-21-19-17-15-13-11-9-7-2/h9,11,15,17,21,23,31,33,38,40,46,48,53-54,58H,6-8,10,12-14,16,18-20,22,24-30,32,34-37,39,41-45,47,49-52H2,1-5H3,(H-,56,59,60,61)/b11-9-,17-15-,23-21-,33-31+,40-38+,48-46+.